The molecule has 1 amide bonds. The summed E-state index contributed by atoms with van der Waals surface area (Å²) < 4.78 is 12.6. The lowest BCUT2D eigenvalue weighted by Crippen LogP contribution is -2.38. The molecule has 0 spiro atoms. The summed E-state index contributed by atoms with van der Waals surface area (Å²) >= 11 is 0. The van der Waals surface area contributed by atoms with Crippen molar-refractivity contribution in [2.24, 2.45) is 5.92 Å². The molecule has 2 heterocycles. The molecular weight excluding hydrogens is 221 g/mol. The van der Waals surface area contributed by atoms with Crippen LogP contribution in [0, 0.1) is 23.2 Å². The molecule has 4 nitrogen and oxygen atoms in total. The third kappa shape index (κ3) is 2.59. The SMILES string of the molecule is N#CC1CCN(C(=O)c2ccc(F)nc2)CC1. The molecule has 1 fully saturated rings. The second kappa shape index (κ2) is 4.91. The van der Waals surface area contributed by atoms with Crippen LogP contribution >= 0.6 is 0 Å². The van der Waals surface area contributed by atoms with Gasteiger partial charge in [-0.15, -0.1) is 0 Å². The van der Waals surface area contributed by atoms with Gasteiger partial charge in [-0.25, -0.2) is 4.98 Å². The van der Waals surface area contributed by atoms with E-state index in [0.29, 0.717) is 31.5 Å². The number of rotatable bonds is 1. The molecular formula is C12H12FN3O. The van der Waals surface area contributed by atoms with Gasteiger partial charge in [0.25, 0.3) is 5.91 Å². The Labute approximate surface area is 98.7 Å². The first kappa shape index (κ1) is 11.5. The van der Waals surface area contributed by atoms with Crippen LogP contribution in [-0.4, -0.2) is 28.9 Å². The van der Waals surface area contributed by atoms with Crippen molar-refractivity contribution >= 4 is 5.91 Å². The average molecular weight is 233 g/mol. The van der Waals surface area contributed by atoms with E-state index in [9.17, 15) is 9.18 Å². The molecule has 0 unspecified atom stereocenters. The van der Waals surface area contributed by atoms with Crippen LogP contribution in [0.1, 0.15) is 23.2 Å². The molecule has 1 aliphatic rings. The molecule has 5 heteroatoms. The Hall–Kier alpha value is -1.96. The van der Waals surface area contributed by atoms with Gasteiger partial charge in [-0.1, -0.05) is 0 Å². The third-order valence-electron chi connectivity index (χ3n) is 2.94. The van der Waals surface area contributed by atoms with Crippen molar-refractivity contribution in [1.82, 2.24) is 9.88 Å². The van der Waals surface area contributed by atoms with Crippen molar-refractivity contribution in [3.8, 4) is 6.07 Å². The van der Waals surface area contributed by atoms with Crippen molar-refractivity contribution < 1.29 is 9.18 Å². The fraction of sp³-hybridized carbons (Fsp3) is 0.417. The van der Waals surface area contributed by atoms with Gasteiger partial charge in [0.1, 0.15) is 0 Å². The lowest BCUT2D eigenvalue weighted by molar-refractivity contribution is 0.0707. The van der Waals surface area contributed by atoms with Gasteiger partial charge in [0.15, 0.2) is 0 Å². The number of piperidine rings is 1. The van der Waals surface area contributed by atoms with E-state index in [-0.39, 0.29) is 11.8 Å². The molecule has 0 radical (unpaired) electrons. The van der Waals surface area contributed by atoms with Crippen LogP contribution in [0.2, 0.25) is 0 Å². The summed E-state index contributed by atoms with van der Waals surface area (Å²) in [4.78, 5) is 17.1. The summed E-state index contributed by atoms with van der Waals surface area (Å²) in [7, 11) is 0. The van der Waals surface area contributed by atoms with E-state index < -0.39 is 5.95 Å². The lowest BCUT2D eigenvalue weighted by atomic mass is 9.98. The summed E-state index contributed by atoms with van der Waals surface area (Å²) in [6, 6.07) is 4.82. The number of nitriles is 1. The molecule has 1 saturated heterocycles. The third-order valence-corrected chi connectivity index (χ3v) is 2.94. The Balaban J connectivity index is 2.02. The monoisotopic (exact) mass is 233 g/mol. The quantitative estimate of drug-likeness (QED) is 0.692. The Morgan fingerprint density at radius 2 is 2.18 bits per heavy atom. The molecule has 17 heavy (non-hydrogen) atoms. The maximum atomic E-state index is 12.6. The van der Waals surface area contributed by atoms with Crippen LogP contribution in [0.4, 0.5) is 4.39 Å². The fourth-order valence-electron chi connectivity index (χ4n) is 1.90. The Morgan fingerprint density at radius 1 is 1.47 bits per heavy atom. The Morgan fingerprint density at radius 3 is 2.71 bits per heavy atom. The van der Waals surface area contributed by atoms with Crippen LogP contribution < -0.4 is 0 Å². The van der Waals surface area contributed by atoms with Gasteiger partial charge >= 0.3 is 0 Å². The standard InChI is InChI=1S/C12H12FN3O/c13-11-2-1-10(8-15-11)12(17)16-5-3-9(7-14)4-6-16/h1-2,8-9H,3-6H2. The van der Waals surface area contributed by atoms with Crippen molar-refractivity contribution in [3.63, 3.8) is 0 Å². The minimum Gasteiger partial charge on any atom is -0.339 e. The number of hydrogen-bond acceptors (Lipinski definition) is 3. The van der Waals surface area contributed by atoms with Crippen molar-refractivity contribution in [1.29, 1.82) is 5.26 Å². The highest BCUT2D eigenvalue weighted by molar-refractivity contribution is 5.93. The summed E-state index contributed by atoms with van der Waals surface area (Å²) in [5.74, 6) is -0.691. The molecule has 1 aromatic heterocycles. The van der Waals surface area contributed by atoms with E-state index in [4.69, 9.17) is 5.26 Å². The normalized spacial score (nSPS) is 16.6. The minimum absolute atomic E-state index is 0.0467. The first-order valence-electron chi connectivity index (χ1n) is 5.51. The number of halogens is 1. The van der Waals surface area contributed by atoms with E-state index in [1.54, 1.807) is 4.90 Å². The topological polar surface area (TPSA) is 57.0 Å². The highest BCUT2D eigenvalue weighted by Gasteiger charge is 2.23. The summed E-state index contributed by atoms with van der Waals surface area (Å²) in [6.45, 7) is 1.16. The fourth-order valence-corrected chi connectivity index (χ4v) is 1.90. The zero-order chi connectivity index (χ0) is 12.3. The number of pyridine rings is 1. The number of aromatic nitrogens is 1. The minimum atomic E-state index is -0.593. The number of hydrogen-bond donors (Lipinski definition) is 0. The van der Waals surface area contributed by atoms with Crippen LogP contribution in [0.25, 0.3) is 0 Å². The molecule has 0 bridgehead atoms. The van der Waals surface area contributed by atoms with Gasteiger partial charge in [0, 0.05) is 25.2 Å². The van der Waals surface area contributed by atoms with Crippen LogP contribution in [0.5, 0.6) is 0 Å². The second-order valence-electron chi connectivity index (χ2n) is 4.07. The number of nitrogens with zero attached hydrogens (tertiary/aromatic N) is 3. The van der Waals surface area contributed by atoms with Crippen molar-refractivity contribution in [2.45, 2.75) is 12.8 Å². The predicted molar refractivity (Wildman–Crippen MR) is 58.4 cm³/mol. The molecule has 88 valence electrons. The molecule has 1 aliphatic heterocycles. The smallest absolute Gasteiger partial charge is 0.255 e. The zero-order valence-corrected chi connectivity index (χ0v) is 9.27. The maximum absolute atomic E-state index is 12.6. The number of amides is 1. The molecule has 0 saturated carbocycles. The molecule has 0 aliphatic carbocycles. The van der Waals surface area contributed by atoms with Gasteiger partial charge in [-0.2, -0.15) is 9.65 Å². The van der Waals surface area contributed by atoms with E-state index >= 15 is 0 Å². The van der Waals surface area contributed by atoms with Crippen molar-refractivity contribution in [3.05, 3.63) is 29.8 Å². The second-order valence-corrected chi connectivity index (χ2v) is 4.07. The molecule has 0 atom stereocenters. The summed E-state index contributed by atoms with van der Waals surface area (Å²) in [5, 5.41) is 8.76. The first-order valence-corrected chi connectivity index (χ1v) is 5.51. The Bertz CT molecular complexity index is 444. The number of carbonyl (C=O) groups excluding carboxylic acids is 1. The first-order chi connectivity index (χ1) is 8.20. The summed E-state index contributed by atoms with van der Waals surface area (Å²) in [5.41, 5.74) is 0.391. The molecule has 0 N–H and O–H groups in total. The largest absolute Gasteiger partial charge is 0.339 e. The van der Waals surface area contributed by atoms with Gasteiger partial charge in [-0.3, -0.25) is 4.79 Å². The van der Waals surface area contributed by atoms with E-state index in [1.165, 1.54) is 18.3 Å². The number of likely N-dealkylation sites (tertiary alicyclic amines) is 1. The van der Waals surface area contributed by atoms with E-state index in [1.807, 2.05) is 0 Å². The molecule has 1 aromatic rings. The van der Waals surface area contributed by atoms with E-state index in [0.717, 1.165) is 0 Å². The van der Waals surface area contributed by atoms with Gasteiger partial charge in [0.2, 0.25) is 5.95 Å². The van der Waals surface area contributed by atoms with Gasteiger partial charge in [0.05, 0.1) is 11.6 Å². The highest BCUT2D eigenvalue weighted by atomic mass is 19.1. The van der Waals surface area contributed by atoms with Crippen LogP contribution in [0.3, 0.4) is 0 Å². The lowest BCUT2D eigenvalue weighted by Gasteiger charge is -2.29. The average Bonchev–Trinajstić information content (AvgIpc) is 2.39. The predicted octanol–water partition coefficient (Wildman–Crippen LogP) is 1.60. The zero-order valence-electron chi connectivity index (χ0n) is 9.27. The van der Waals surface area contributed by atoms with Gasteiger partial charge in [-0.05, 0) is 25.0 Å². The molecule has 2 rings (SSSR count). The van der Waals surface area contributed by atoms with Gasteiger partial charge < -0.3 is 4.90 Å². The van der Waals surface area contributed by atoms with Crippen LogP contribution in [0.15, 0.2) is 18.3 Å². The van der Waals surface area contributed by atoms with E-state index in [2.05, 4.69) is 11.1 Å². The summed E-state index contributed by atoms with van der Waals surface area (Å²) in [6.07, 6.45) is 2.65. The highest BCUT2D eigenvalue weighted by Crippen LogP contribution is 2.17. The van der Waals surface area contributed by atoms with Crippen molar-refractivity contribution in [2.75, 3.05) is 13.1 Å². The molecule has 0 aromatic carbocycles. The maximum Gasteiger partial charge on any atom is 0.255 e. The number of carbonyl (C=O) groups is 1. The Kier molecular flexibility index (Phi) is 3.33. The van der Waals surface area contributed by atoms with Crippen LogP contribution in [-0.2, 0) is 0 Å².